The van der Waals surface area contributed by atoms with Gasteiger partial charge in [0.2, 0.25) is 0 Å². The fraction of sp³-hybridized carbons (Fsp3) is 0.286. The van der Waals surface area contributed by atoms with Gasteiger partial charge in [-0.25, -0.2) is 4.98 Å². The van der Waals surface area contributed by atoms with Gasteiger partial charge in [-0.3, -0.25) is 0 Å². The van der Waals surface area contributed by atoms with Gasteiger partial charge in [0.15, 0.2) is 5.82 Å². The largest absolute Gasteiger partial charge is 0.331 e. The van der Waals surface area contributed by atoms with Crippen molar-refractivity contribution in [3.8, 4) is 0 Å². The highest BCUT2D eigenvalue weighted by molar-refractivity contribution is 7.15. The van der Waals surface area contributed by atoms with E-state index in [0.29, 0.717) is 22.7 Å². The van der Waals surface area contributed by atoms with E-state index < -0.39 is 0 Å². The SMILES string of the molecule is Cc1noc(NCc2ncc(Cl)s2)n1. The number of aryl methyl sites for hydroxylation is 1. The maximum Gasteiger partial charge on any atom is 0.321 e. The van der Waals surface area contributed by atoms with Crippen molar-refractivity contribution in [1.29, 1.82) is 0 Å². The van der Waals surface area contributed by atoms with Crippen molar-refractivity contribution < 1.29 is 4.52 Å². The monoisotopic (exact) mass is 230 g/mol. The van der Waals surface area contributed by atoms with Gasteiger partial charge < -0.3 is 9.84 Å². The molecule has 1 N–H and O–H groups in total. The van der Waals surface area contributed by atoms with E-state index in [1.54, 1.807) is 13.1 Å². The molecule has 2 aromatic rings. The summed E-state index contributed by atoms with van der Waals surface area (Å²) in [7, 11) is 0. The summed E-state index contributed by atoms with van der Waals surface area (Å²) in [5.74, 6) is 0.602. The first-order valence-corrected chi connectivity index (χ1v) is 5.08. The van der Waals surface area contributed by atoms with Crippen LogP contribution in [0.1, 0.15) is 10.8 Å². The Morgan fingerprint density at radius 2 is 2.50 bits per heavy atom. The molecule has 7 heteroatoms. The van der Waals surface area contributed by atoms with Gasteiger partial charge in [-0.2, -0.15) is 4.98 Å². The number of anilines is 1. The molecule has 5 nitrogen and oxygen atoms in total. The third kappa shape index (κ3) is 2.21. The lowest BCUT2D eigenvalue weighted by atomic mass is 10.6. The fourth-order valence-corrected chi connectivity index (χ4v) is 1.79. The topological polar surface area (TPSA) is 63.8 Å². The normalized spacial score (nSPS) is 10.4. The maximum atomic E-state index is 5.72. The van der Waals surface area contributed by atoms with Gasteiger partial charge in [0.1, 0.15) is 9.34 Å². The molecule has 0 bridgehead atoms. The van der Waals surface area contributed by atoms with Gasteiger partial charge in [-0.15, -0.1) is 11.3 Å². The number of thiazole rings is 1. The first kappa shape index (κ1) is 9.42. The third-order valence-electron chi connectivity index (χ3n) is 1.44. The van der Waals surface area contributed by atoms with Gasteiger partial charge in [-0.05, 0) is 6.92 Å². The fourth-order valence-electron chi connectivity index (χ4n) is 0.890. The highest BCUT2D eigenvalue weighted by atomic mass is 35.5. The van der Waals surface area contributed by atoms with Crippen LogP contribution in [0.2, 0.25) is 4.34 Å². The lowest BCUT2D eigenvalue weighted by molar-refractivity contribution is 0.425. The molecule has 74 valence electrons. The van der Waals surface area contributed by atoms with Crippen LogP contribution in [0.5, 0.6) is 0 Å². The number of nitrogens with zero attached hydrogens (tertiary/aromatic N) is 3. The van der Waals surface area contributed by atoms with E-state index in [0.717, 1.165) is 5.01 Å². The van der Waals surface area contributed by atoms with Crippen LogP contribution in [0.15, 0.2) is 10.7 Å². The molecular weight excluding hydrogens is 224 g/mol. The van der Waals surface area contributed by atoms with E-state index in [-0.39, 0.29) is 0 Å². The van der Waals surface area contributed by atoms with Crippen LogP contribution in [0.3, 0.4) is 0 Å². The van der Waals surface area contributed by atoms with Crippen LogP contribution in [-0.2, 0) is 6.54 Å². The summed E-state index contributed by atoms with van der Waals surface area (Å²) in [6.45, 7) is 2.30. The second kappa shape index (κ2) is 3.93. The quantitative estimate of drug-likeness (QED) is 0.875. The molecule has 2 heterocycles. The van der Waals surface area contributed by atoms with Crippen LogP contribution in [0.25, 0.3) is 0 Å². The predicted molar refractivity (Wildman–Crippen MR) is 53.5 cm³/mol. The van der Waals surface area contributed by atoms with Crippen molar-refractivity contribution in [2.45, 2.75) is 13.5 Å². The smallest absolute Gasteiger partial charge is 0.321 e. The van der Waals surface area contributed by atoms with E-state index in [1.165, 1.54) is 11.3 Å². The summed E-state index contributed by atoms with van der Waals surface area (Å²) in [4.78, 5) is 8.06. The molecule has 0 aliphatic rings. The average molecular weight is 231 g/mol. The zero-order valence-corrected chi connectivity index (χ0v) is 8.89. The van der Waals surface area contributed by atoms with E-state index in [1.807, 2.05) is 0 Å². The summed E-state index contributed by atoms with van der Waals surface area (Å²) < 4.78 is 5.53. The Balaban J connectivity index is 1.94. The van der Waals surface area contributed by atoms with E-state index in [9.17, 15) is 0 Å². The van der Waals surface area contributed by atoms with Crippen LogP contribution in [-0.4, -0.2) is 15.1 Å². The van der Waals surface area contributed by atoms with E-state index >= 15 is 0 Å². The molecule has 0 atom stereocenters. The molecule has 0 aliphatic carbocycles. The van der Waals surface area contributed by atoms with Crippen molar-refractivity contribution >= 4 is 29.0 Å². The Hall–Kier alpha value is -1.14. The summed E-state index contributed by atoms with van der Waals surface area (Å²) in [5.41, 5.74) is 0. The van der Waals surface area contributed by atoms with Gasteiger partial charge in [0.05, 0.1) is 12.7 Å². The second-order valence-corrected chi connectivity index (χ2v) is 4.30. The van der Waals surface area contributed by atoms with Crippen molar-refractivity contribution in [1.82, 2.24) is 15.1 Å². The minimum Gasteiger partial charge on any atom is -0.331 e. The maximum absolute atomic E-state index is 5.72. The molecule has 14 heavy (non-hydrogen) atoms. The minimum atomic E-state index is 0.397. The molecular formula is C7H7ClN4OS. The molecule has 0 unspecified atom stereocenters. The zero-order chi connectivity index (χ0) is 9.97. The summed E-state index contributed by atoms with van der Waals surface area (Å²) in [5, 5.41) is 7.47. The first-order chi connectivity index (χ1) is 6.74. The molecule has 0 radical (unpaired) electrons. The van der Waals surface area contributed by atoms with E-state index in [4.69, 9.17) is 16.1 Å². The first-order valence-electron chi connectivity index (χ1n) is 3.88. The lowest BCUT2D eigenvalue weighted by Crippen LogP contribution is -1.98. The zero-order valence-electron chi connectivity index (χ0n) is 7.32. The van der Waals surface area contributed by atoms with Crippen LogP contribution in [0, 0.1) is 6.92 Å². The van der Waals surface area contributed by atoms with Crippen LogP contribution in [0.4, 0.5) is 6.01 Å². The Labute approximate surface area is 89.1 Å². The number of halogens is 1. The van der Waals surface area contributed by atoms with Crippen molar-refractivity contribution in [2.75, 3.05) is 5.32 Å². The molecule has 0 fully saturated rings. The summed E-state index contributed by atoms with van der Waals surface area (Å²) in [6.07, 6.45) is 1.61. The molecule has 0 saturated carbocycles. The molecule has 0 aliphatic heterocycles. The molecule has 0 amide bonds. The lowest BCUT2D eigenvalue weighted by Gasteiger charge is -1.94. The van der Waals surface area contributed by atoms with Gasteiger partial charge in [0, 0.05) is 0 Å². The number of aromatic nitrogens is 3. The number of rotatable bonds is 3. The van der Waals surface area contributed by atoms with Crippen molar-refractivity contribution in [2.24, 2.45) is 0 Å². The summed E-state index contributed by atoms with van der Waals surface area (Å²) in [6, 6.07) is 0.397. The minimum absolute atomic E-state index is 0.397. The standard InChI is InChI=1S/C7H7ClN4OS/c1-4-11-7(13-12-4)10-3-6-9-2-5(8)14-6/h2H,3H2,1H3,(H,10,11,12). The molecule has 0 aromatic carbocycles. The van der Waals surface area contributed by atoms with Gasteiger partial charge in [0.25, 0.3) is 0 Å². The second-order valence-electron chi connectivity index (χ2n) is 2.56. The molecule has 0 saturated heterocycles. The Morgan fingerprint density at radius 3 is 3.07 bits per heavy atom. The third-order valence-corrected chi connectivity index (χ3v) is 2.56. The Bertz CT molecular complexity index is 387. The van der Waals surface area contributed by atoms with Gasteiger partial charge >= 0.3 is 6.01 Å². The average Bonchev–Trinajstić information content (AvgIpc) is 2.72. The summed E-state index contributed by atoms with van der Waals surface area (Å²) >= 11 is 7.14. The van der Waals surface area contributed by atoms with Crippen molar-refractivity contribution in [3.05, 3.63) is 21.4 Å². The number of nitrogens with one attached hydrogen (secondary N) is 1. The highest BCUT2D eigenvalue weighted by Gasteiger charge is 2.03. The molecule has 0 spiro atoms. The number of hydrogen-bond donors (Lipinski definition) is 1. The predicted octanol–water partition coefficient (Wildman–Crippen LogP) is 2.10. The Morgan fingerprint density at radius 1 is 1.64 bits per heavy atom. The Kier molecular flexibility index (Phi) is 2.64. The van der Waals surface area contributed by atoms with Gasteiger partial charge in [-0.1, -0.05) is 16.8 Å². The van der Waals surface area contributed by atoms with Crippen molar-refractivity contribution in [3.63, 3.8) is 0 Å². The van der Waals surface area contributed by atoms with Crippen LogP contribution < -0.4 is 5.32 Å². The number of hydrogen-bond acceptors (Lipinski definition) is 6. The van der Waals surface area contributed by atoms with E-state index in [2.05, 4.69) is 20.4 Å². The molecule has 2 rings (SSSR count). The molecule has 2 aromatic heterocycles. The van der Waals surface area contributed by atoms with Crippen LogP contribution >= 0.6 is 22.9 Å². The highest BCUT2D eigenvalue weighted by Crippen LogP contribution is 2.18.